The Kier molecular flexibility index (Phi) is 11.1. The quantitative estimate of drug-likeness (QED) is 0.0691. The van der Waals surface area contributed by atoms with Crippen LogP contribution in [0.2, 0.25) is 0 Å². The molecule has 1 saturated carbocycles. The van der Waals surface area contributed by atoms with Crippen LogP contribution in [0.1, 0.15) is 109 Å². The molecule has 308 valence electrons. The Morgan fingerprint density at radius 1 is 0.883 bits per heavy atom. The molecule has 1 aliphatic carbocycles. The van der Waals surface area contributed by atoms with Gasteiger partial charge in [0.25, 0.3) is 11.8 Å². The number of hydrogen-bond acceptors (Lipinski definition) is 11. The Morgan fingerprint density at radius 2 is 1.67 bits per heavy atom. The first-order valence-electron chi connectivity index (χ1n) is 21.3. The molecule has 3 aliphatic heterocycles. The molecule has 4 aliphatic rings. The third kappa shape index (κ3) is 7.99. The second kappa shape index (κ2) is 17.1. The Hall–Kier alpha value is -6.40. The number of rotatable bonds is 14. The SMILES string of the molecule is N#CCC(C1CCCC1)n1cc(-c2nc(Nc3ccc(C4CCN(CCCCNc5ccc6c(c5)C(=O)N(C5CCC(=O)NC5=O)C6=O)CC4)cc3)nc3[nH]ccc23)cn1. The molecule has 3 fully saturated rings. The average molecular weight is 808 g/mol. The maximum absolute atomic E-state index is 13.2. The molecular formula is C45H49N11O4. The normalized spacial score (nSPS) is 19.4. The van der Waals surface area contributed by atoms with E-state index in [0.29, 0.717) is 24.2 Å². The second-order valence-electron chi connectivity index (χ2n) is 16.5. The van der Waals surface area contributed by atoms with Crippen LogP contribution in [0.3, 0.4) is 0 Å². The Morgan fingerprint density at radius 3 is 2.45 bits per heavy atom. The van der Waals surface area contributed by atoms with Crippen LogP contribution in [0, 0.1) is 17.2 Å². The molecule has 2 aromatic carbocycles. The summed E-state index contributed by atoms with van der Waals surface area (Å²) in [5, 5.41) is 24.2. The molecule has 15 nitrogen and oxygen atoms in total. The lowest BCUT2D eigenvalue weighted by atomic mass is 9.89. The monoisotopic (exact) mass is 807 g/mol. The van der Waals surface area contributed by atoms with Crippen molar-refractivity contribution in [3.63, 3.8) is 0 Å². The Bertz CT molecular complexity index is 2450. The largest absolute Gasteiger partial charge is 0.385 e. The number of H-pyrrole nitrogens is 1. The van der Waals surface area contributed by atoms with Crippen LogP contribution < -0.4 is 16.0 Å². The van der Waals surface area contributed by atoms with Crippen molar-refractivity contribution in [2.45, 2.75) is 88.6 Å². The number of carbonyl (C=O) groups excluding carboxylic acids is 4. The molecule has 0 radical (unpaired) electrons. The van der Waals surface area contributed by atoms with Crippen molar-refractivity contribution in [2.24, 2.45) is 5.92 Å². The number of amides is 4. The van der Waals surface area contributed by atoms with Gasteiger partial charge in [-0.05, 0) is 118 Å². The number of benzene rings is 2. The van der Waals surface area contributed by atoms with Crippen molar-refractivity contribution >= 4 is 52.0 Å². The minimum absolute atomic E-state index is 0.0750. The molecule has 2 unspecified atom stereocenters. The highest BCUT2D eigenvalue weighted by atomic mass is 16.2. The van der Waals surface area contributed by atoms with E-state index in [2.05, 4.69) is 56.2 Å². The van der Waals surface area contributed by atoms with E-state index in [-0.39, 0.29) is 30.0 Å². The molecule has 5 aromatic rings. The lowest BCUT2D eigenvalue weighted by Gasteiger charge is -2.32. The summed E-state index contributed by atoms with van der Waals surface area (Å²) in [6, 6.07) is 17.2. The van der Waals surface area contributed by atoms with Gasteiger partial charge in [-0.1, -0.05) is 25.0 Å². The average Bonchev–Trinajstić information content (AvgIpc) is 4.10. The predicted octanol–water partition coefficient (Wildman–Crippen LogP) is 6.68. The van der Waals surface area contributed by atoms with Crippen LogP contribution in [0.4, 0.5) is 17.3 Å². The number of nitrogens with zero attached hydrogens (tertiary/aromatic N) is 7. The summed E-state index contributed by atoms with van der Waals surface area (Å²) in [6.07, 6.45) is 15.3. The number of imide groups is 2. The number of aromatic nitrogens is 5. The van der Waals surface area contributed by atoms with E-state index in [1.807, 2.05) is 29.3 Å². The number of piperidine rings is 2. The van der Waals surface area contributed by atoms with Gasteiger partial charge in [-0.15, -0.1) is 0 Å². The first-order chi connectivity index (χ1) is 29.3. The molecule has 60 heavy (non-hydrogen) atoms. The molecule has 4 N–H and O–H groups in total. The van der Waals surface area contributed by atoms with E-state index in [1.165, 1.54) is 18.4 Å². The van der Waals surface area contributed by atoms with Gasteiger partial charge in [-0.2, -0.15) is 15.3 Å². The third-order valence-electron chi connectivity index (χ3n) is 12.8. The first kappa shape index (κ1) is 39.1. The topological polar surface area (TPSA) is 194 Å². The van der Waals surface area contributed by atoms with Crippen LogP contribution in [0.25, 0.3) is 22.3 Å². The van der Waals surface area contributed by atoms with Gasteiger partial charge >= 0.3 is 0 Å². The molecule has 4 amide bonds. The lowest BCUT2D eigenvalue weighted by molar-refractivity contribution is -0.136. The van der Waals surface area contributed by atoms with E-state index in [9.17, 15) is 24.4 Å². The summed E-state index contributed by atoms with van der Waals surface area (Å²) in [6.45, 7) is 3.84. The van der Waals surface area contributed by atoms with Gasteiger partial charge in [0.05, 0.1) is 41.5 Å². The molecule has 0 bridgehead atoms. The van der Waals surface area contributed by atoms with Gasteiger partial charge in [0.2, 0.25) is 17.8 Å². The number of unbranched alkanes of at least 4 members (excludes halogenated alkanes) is 1. The number of likely N-dealkylation sites (tertiary alicyclic amines) is 1. The minimum Gasteiger partial charge on any atom is -0.385 e. The van der Waals surface area contributed by atoms with Crippen molar-refractivity contribution in [1.82, 2.24) is 39.8 Å². The summed E-state index contributed by atoms with van der Waals surface area (Å²) < 4.78 is 1.97. The maximum Gasteiger partial charge on any atom is 0.262 e. The number of fused-ring (bicyclic) bond motifs is 2. The van der Waals surface area contributed by atoms with Gasteiger partial charge in [0.1, 0.15) is 11.7 Å². The van der Waals surface area contributed by atoms with E-state index < -0.39 is 29.7 Å². The van der Waals surface area contributed by atoms with Crippen molar-refractivity contribution in [2.75, 3.05) is 36.8 Å². The molecule has 6 heterocycles. The van der Waals surface area contributed by atoms with E-state index in [1.54, 1.807) is 18.2 Å². The van der Waals surface area contributed by atoms with Gasteiger partial charge in [0, 0.05) is 47.7 Å². The molecule has 3 aromatic heterocycles. The van der Waals surface area contributed by atoms with Crippen LogP contribution in [-0.4, -0.2) is 90.4 Å². The highest BCUT2D eigenvalue weighted by molar-refractivity contribution is 6.23. The van der Waals surface area contributed by atoms with Gasteiger partial charge in [-0.3, -0.25) is 34.1 Å². The zero-order valence-electron chi connectivity index (χ0n) is 33.5. The first-order valence-corrected chi connectivity index (χ1v) is 21.3. The predicted molar refractivity (Wildman–Crippen MR) is 225 cm³/mol. The summed E-state index contributed by atoms with van der Waals surface area (Å²) >= 11 is 0. The number of aromatic amines is 1. The second-order valence-corrected chi connectivity index (χ2v) is 16.5. The van der Waals surface area contributed by atoms with Crippen LogP contribution in [-0.2, 0) is 9.59 Å². The fraction of sp³-hybridized carbons (Fsp3) is 0.422. The smallest absolute Gasteiger partial charge is 0.262 e. The molecule has 2 saturated heterocycles. The number of nitriles is 1. The van der Waals surface area contributed by atoms with Crippen LogP contribution >= 0.6 is 0 Å². The maximum atomic E-state index is 13.2. The van der Waals surface area contributed by atoms with E-state index >= 15 is 0 Å². The molecule has 15 heteroatoms. The lowest BCUT2D eigenvalue weighted by Crippen LogP contribution is -2.54. The van der Waals surface area contributed by atoms with Crippen molar-refractivity contribution in [3.05, 3.63) is 83.8 Å². The third-order valence-corrected chi connectivity index (χ3v) is 12.8. The van der Waals surface area contributed by atoms with Crippen molar-refractivity contribution in [3.8, 4) is 17.3 Å². The number of nitrogens with one attached hydrogen (secondary N) is 4. The molecule has 2 atom stereocenters. The van der Waals surface area contributed by atoms with Crippen LogP contribution in [0.15, 0.2) is 67.1 Å². The molecular weight excluding hydrogens is 759 g/mol. The number of carbonyl (C=O) groups is 4. The standard InChI is InChI=1S/C45H49N11O4/c46-19-15-37(30-5-1-2-6-30)55-27-31(26-49-55)40-35-16-21-48-41(35)53-45(52-40)50-32-9-7-28(8-10-32)29-17-23-54(24-18-29)22-4-3-20-47-33-11-12-34-36(25-33)44(60)56(43(34)59)38-13-14-39(57)51-42(38)58/h7-12,16,21,25-27,29-30,37-38,47H,1-6,13-15,17-18,20,22-24H2,(H,51,57,58)(H2,48,50,52,53). The van der Waals surface area contributed by atoms with E-state index in [0.717, 1.165) is 103 Å². The highest BCUT2D eigenvalue weighted by Gasteiger charge is 2.44. The van der Waals surface area contributed by atoms with Crippen molar-refractivity contribution in [1.29, 1.82) is 5.26 Å². The summed E-state index contributed by atoms with van der Waals surface area (Å²) in [7, 11) is 0. The zero-order chi connectivity index (χ0) is 41.2. The van der Waals surface area contributed by atoms with Gasteiger partial charge in [0.15, 0.2) is 0 Å². The van der Waals surface area contributed by atoms with Gasteiger partial charge in [-0.25, -0.2) is 4.98 Å². The fourth-order valence-electron chi connectivity index (χ4n) is 9.50. The number of hydrogen-bond donors (Lipinski definition) is 4. The fourth-order valence-corrected chi connectivity index (χ4v) is 9.50. The summed E-state index contributed by atoms with van der Waals surface area (Å²) in [5.41, 5.74) is 6.02. The Labute approximate surface area is 347 Å². The van der Waals surface area contributed by atoms with Gasteiger partial charge < -0.3 is 20.5 Å². The van der Waals surface area contributed by atoms with Crippen molar-refractivity contribution < 1.29 is 19.2 Å². The zero-order valence-corrected chi connectivity index (χ0v) is 33.5. The summed E-state index contributed by atoms with van der Waals surface area (Å²) in [5.74, 6) is -0.517. The minimum atomic E-state index is -0.970. The number of anilines is 3. The summed E-state index contributed by atoms with van der Waals surface area (Å²) in [4.78, 5) is 66.6. The Balaban J connectivity index is 0.738. The van der Waals surface area contributed by atoms with Crippen LogP contribution in [0.5, 0.6) is 0 Å². The molecule has 0 spiro atoms. The highest BCUT2D eigenvalue weighted by Crippen LogP contribution is 2.37. The van der Waals surface area contributed by atoms with E-state index in [4.69, 9.17) is 15.1 Å². The molecule has 9 rings (SSSR count).